The maximum Gasteiger partial charge on any atom is 0.358 e. The molecule has 1 heterocycles. The molecule has 0 spiro atoms. The van der Waals surface area contributed by atoms with Crippen molar-refractivity contribution in [3.63, 3.8) is 0 Å². The number of pyridine rings is 1. The summed E-state index contributed by atoms with van der Waals surface area (Å²) < 4.78 is 45.0. The van der Waals surface area contributed by atoms with Gasteiger partial charge in [0.2, 0.25) is 0 Å². The minimum atomic E-state index is -1.45. The summed E-state index contributed by atoms with van der Waals surface area (Å²) in [6.07, 6.45) is 0. The van der Waals surface area contributed by atoms with Crippen molar-refractivity contribution in [1.82, 2.24) is 4.98 Å². The van der Waals surface area contributed by atoms with Gasteiger partial charge in [-0.05, 0) is 6.07 Å². The van der Waals surface area contributed by atoms with E-state index < -0.39 is 40.4 Å². The summed E-state index contributed by atoms with van der Waals surface area (Å²) in [6, 6.07) is 1.40. The Morgan fingerprint density at radius 3 is 2.45 bits per heavy atom. The molecule has 0 bridgehead atoms. The topological polar surface area (TPSA) is 91.2 Å². The van der Waals surface area contributed by atoms with E-state index in [0.717, 1.165) is 13.2 Å². The first-order valence-corrected chi connectivity index (χ1v) is 6.13. The summed E-state index contributed by atoms with van der Waals surface area (Å²) in [7, 11) is 1.08. The van der Waals surface area contributed by atoms with Crippen LogP contribution in [0.15, 0.2) is 12.1 Å². The molecule has 0 aliphatic carbocycles. The number of ether oxygens (including phenoxy) is 1. The van der Waals surface area contributed by atoms with Crippen LogP contribution in [0.5, 0.6) is 0 Å². The minimum Gasteiger partial charge on any atom is -0.464 e. The van der Waals surface area contributed by atoms with Gasteiger partial charge in [0.15, 0.2) is 17.3 Å². The molecular weight excluding hydrogens is 323 g/mol. The second-order valence-electron chi connectivity index (χ2n) is 4.19. The zero-order chi connectivity index (χ0) is 16.6. The Hall–Kier alpha value is -2.48. The average Bonchev–Trinajstić information content (AvgIpc) is 2.47. The van der Waals surface area contributed by atoms with Crippen LogP contribution in [0.3, 0.4) is 0 Å². The number of esters is 1. The Morgan fingerprint density at radius 1 is 1.23 bits per heavy atom. The standard InChI is InChI=1S/C13H9ClF3N3O2/c1-22-13(21)12-9(14)6(18)3-7(20-12)8-4(15)2-5(16)10(17)11(8)19/h2-3H,19H2,1H3,(H2,18,20). The molecule has 0 fully saturated rings. The van der Waals surface area contributed by atoms with Crippen molar-refractivity contribution in [2.75, 3.05) is 18.6 Å². The lowest BCUT2D eigenvalue weighted by Gasteiger charge is -2.12. The van der Waals surface area contributed by atoms with E-state index in [1.807, 2.05) is 0 Å². The van der Waals surface area contributed by atoms with Crippen molar-refractivity contribution in [2.45, 2.75) is 0 Å². The highest BCUT2D eigenvalue weighted by Crippen LogP contribution is 2.34. The summed E-state index contributed by atoms with van der Waals surface area (Å²) in [5.41, 5.74) is 8.84. The maximum atomic E-state index is 13.9. The van der Waals surface area contributed by atoms with Crippen LogP contribution in [0.2, 0.25) is 5.02 Å². The molecule has 0 saturated carbocycles. The number of nitrogen functional groups attached to an aromatic ring is 2. The molecule has 0 amide bonds. The number of halogens is 4. The molecule has 9 heteroatoms. The number of rotatable bonds is 2. The van der Waals surface area contributed by atoms with Gasteiger partial charge in [0, 0.05) is 6.07 Å². The Labute approximate surface area is 127 Å². The molecule has 2 aromatic rings. The summed E-state index contributed by atoms with van der Waals surface area (Å²) in [4.78, 5) is 15.3. The molecule has 0 saturated heterocycles. The fourth-order valence-corrected chi connectivity index (χ4v) is 1.96. The third-order valence-electron chi connectivity index (χ3n) is 2.83. The molecule has 0 atom stereocenters. The third kappa shape index (κ3) is 2.52. The van der Waals surface area contributed by atoms with E-state index >= 15 is 0 Å². The van der Waals surface area contributed by atoms with Crippen LogP contribution in [-0.2, 0) is 4.74 Å². The van der Waals surface area contributed by atoms with Gasteiger partial charge in [0.25, 0.3) is 0 Å². The van der Waals surface area contributed by atoms with Gasteiger partial charge < -0.3 is 16.2 Å². The molecule has 116 valence electrons. The van der Waals surface area contributed by atoms with Gasteiger partial charge in [-0.15, -0.1) is 0 Å². The number of hydrogen-bond acceptors (Lipinski definition) is 5. The van der Waals surface area contributed by atoms with E-state index in [1.165, 1.54) is 0 Å². The van der Waals surface area contributed by atoms with Gasteiger partial charge in [-0.3, -0.25) is 0 Å². The normalized spacial score (nSPS) is 10.6. The summed E-state index contributed by atoms with van der Waals surface area (Å²) in [5.74, 6) is -4.98. The average molecular weight is 332 g/mol. The first-order chi connectivity index (χ1) is 10.3. The van der Waals surface area contributed by atoms with Crippen LogP contribution >= 0.6 is 11.6 Å². The van der Waals surface area contributed by atoms with Crippen molar-refractivity contribution in [3.05, 3.63) is 40.3 Å². The summed E-state index contributed by atoms with van der Waals surface area (Å²) in [5, 5.41) is -0.211. The molecule has 2 rings (SSSR count). The van der Waals surface area contributed by atoms with E-state index in [-0.39, 0.29) is 16.4 Å². The van der Waals surface area contributed by atoms with E-state index in [2.05, 4.69) is 9.72 Å². The van der Waals surface area contributed by atoms with Crippen LogP contribution in [0.4, 0.5) is 24.5 Å². The molecule has 4 N–H and O–H groups in total. The number of methoxy groups -OCH3 is 1. The predicted molar refractivity (Wildman–Crippen MR) is 74.7 cm³/mol. The lowest BCUT2D eigenvalue weighted by Crippen LogP contribution is -2.09. The fourth-order valence-electron chi connectivity index (χ4n) is 1.78. The Balaban J connectivity index is 2.77. The Kier molecular flexibility index (Phi) is 4.14. The largest absolute Gasteiger partial charge is 0.464 e. The minimum absolute atomic E-state index is 0.129. The number of carbonyl (C=O) groups excluding carboxylic acids is 1. The number of carbonyl (C=O) groups is 1. The molecule has 0 radical (unpaired) electrons. The van der Waals surface area contributed by atoms with Gasteiger partial charge in [0.1, 0.15) is 5.82 Å². The zero-order valence-electron chi connectivity index (χ0n) is 11.1. The molecule has 5 nitrogen and oxygen atoms in total. The van der Waals surface area contributed by atoms with Crippen LogP contribution in [0, 0.1) is 17.5 Å². The monoisotopic (exact) mass is 331 g/mol. The number of benzene rings is 1. The number of aromatic nitrogens is 1. The SMILES string of the molecule is COC(=O)c1nc(-c2c(F)cc(F)c(F)c2N)cc(N)c1Cl. The third-order valence-corrected chi connectivity index (χ3v) is 3.23. The molecule has 0 aliphatic heterocycles. The highest BCUT2D eigenvalue weighted by atomic mass is 35.5. The molecule has 0 aliphatic rings. The van der Waals surface area contributed by atoms with E-state index in [1.54, 1.807) is 0 Å². The van der Waals surface area contributed by atoms with Crippen molar-refractivity contribution >= 4 is 28.9 Å². The van der Waals surface area contributed by atoms with Crippen LogP contribution in [0.25, 0.3) is 11.3 Å². The zero-order valence-corrected chi connectivity index (χ0v) is 11.8. The van der Waals surface area contributed by atoms with Crippen molar-refractivity contribution in [1.29, 1.82) is 0 Å². The second kappa shape index (κ2) is 5.72. The van der Waals surface area contributed by atoms with Gasteiger partial charge in [0.05, 0.1) is 34.8 Å². The van der Waals surface area contributed by atoms with Gasteiger partial charge >= 0.3 is 5.97 Å². The van der Waals surface area contributed by atoms with Gasteiger partial charge in [-0.2, -0.15) is 0 Å². The van der Waals surface area contributed by atoms with E-state index in [0.29, 0.717) is 6.07 Å². The lowest BCUT2D eigenvalue weighted by atomic mass is 10.1. The first-order valence-electron chi connectivity index (χ1n) is 5.75. The smallest absolute Gasteiger partial charge is 0.358 e. The van der Waals surface area contributed by atoms with Crippen molar-refractivity contribution in [3.8, 4) is 11.3 Å². The van der Waals surface area contributed by atoms with E-state index in [4.69, 9.17) is 23.1 Å². The molecule has 22 heavy (non-hydrogen) atoms. The highest BCUT2D eigenvalue weighted by molar-refractivity contribution is 6.35. The van der Waals surface area contributed by atoms with Crippen LogP contribution < -0.4 is 11.5 Å². The summed E-state index contributed by atoms with van der Waals surface area (Å²) >= 11 is 5.81. The van der Waals surface area contributed by atoms with Gasteiger partial charge in [-0.25, -0.2) is 22.9 Å². The first kappa shape index (κ1) is 15.9. The maximum absolute atomic E-state index is 13.9. The molecule has 1 aromatic heterocycles. The van der Waals surface area contributed by atoms with Gasteiger partial charge in [-0.1, -0.05) is 11.6 Å². The molecular formula is C13H9ClF3N3O2. The Morgan fingerprint density at radius 2 is 1.86 bits per heavy atom. The second-order valence-corrected chi connectivity index (χ2v) is 4.57. The number of nitrogens with zero attached hydrogens (tertiary/aromatic N) is 1. The molecule has 0 unspecified atom stereocenters. The highest BCUT2D eigenvalue weighted by Gasteiger charge is 2.23. The van der Waals surface area contributed by atoms with Crippen molar-refractivity contribution < 1.29 is 22.7 Å². The van der Waals surface area contributed by atoms with Crippen LogP contribution in [0.1, 0.15) is 10.5 Å². The van der Waals surface area contributed by atoms with E-state index in [9.17, 15) is 18.0 Å². The number of anilines is 2. The molecule has 1 aromatic carbocycles. The summed E-state index contributed by atoms with van der Waals surface area (Å²) in [6.45, 7) is 0. The number of nitrogens with two attached hydrogens (primary N) is 2. The number of hydrogen-bond donors (Lipinski definition) is 2. The quantitative estimate of drug-likeness (QED) is 0.501. The Bertz CT molecular complexity index is 784. The predicted octanol–water partition coefficient (Wildman–Crippen LogP) is 2.77. The van der Waals surface area contributed by atoms with Crippen LogP contribution in [-0.4, -0.2) is 18.1 Å². The van der Waals surface area contributed by atoms with Crippen molar-refractivity contribution in [2.24, 2.45) is 0 Å². The lowest BCUT2D eigenvalue weighted by molar-refractivity contribution is 0.0594. The fraction of sp³-hybridized carbons (Fsp3) is 0.0769.